The summed E-state index contributed by atoms with van der Waals surface area (Å²) >= 11 is 0. The molecule has 1 atom stereocenters. The second-order valence-electron chi connectivity index (χ2n) is 6.25. The molecular weight excluding hydrogens is 318 g/mol. The predicted molar refractivity (Wildman–Crippen MR) is 96.4 cm³/mol. The molecule has 2 N–H and O–H groups in total. The molecule has 134 valence electrons. The van der Waals surface area contributed by atoms with E-state index in [1.807, 2.05) is 38.1 Å². The van der Waals surface area contributed by atoms with Crippen molar-refractivity contribution < 1.29 is 9.90 Å². The van der Waals surface area contributed by atoms with Gasteiger partial charge in [-0.2, -0.15) is 0 Å². The number of hydrogen-bond acceptors (Lipinski definition) is 4. The van der Waals surface area contributed by atoms with Gasteiger partial charge in [-0.3, -0.25) is 9.59 Å². The Labute approximate surface area is 147 Å². The van der Waals surface area contributed by atoms with Crippen LogP contribution in [0.3, 0.4) is 0 Å². The zero-order chi connectivity index (χ0) is 18.6. The van der Waals surface area contributed by atoms with Crippen molar-refractivity contribution in [2.45, 2.75) is 40.2 Å². The molecule has 0 fully saturated rings. The number of nitrogens with zero attached hydrogens (tertiary/aromatic N) is 2. The van der Waals surface area contributed by atoms with E-state index in [0.29, 0.717) is 23.6 Å². The normalized spacial score (nSPS) is 12.0. The number of aliphatic hydroxyl groups excluding tert-OH is 1. The van der Waals surface area contributed by atoms with Gasteiger partial charge in [-0.15, -0.1) is 0 Å². The van der Waals surface area contributed by atoms with Crippen LogP contribution < -0.4 is 5.56 Å². The highest BCUT2D eigenvalue weighted by Crippen LogP contribution is 2.16. The van der Waals surface area contributed by atoms with E-state index in [1.54, 1.807) is 18.7 Å². The predicted octanol–water partition coefficient (Wildman–Crippen LogP) is 1.82. The van der Waals surface area contributed by atoms with Crippen LogP contribution in [-0.4, -0.2) is 39.0 Å². The molecule has 6 heteroatoms. The van der Waals surface area contributed by atoms with Crippen LogP contribution in [-0.2, 0) is 11.2 Å². The summed E-state index contributed by atoms with van der Waals surface area (Å²) in [6.45, 7) is 7.91. The van der Waals surface area contributed by atoms with Crippen molar-refractivity contribution in [2.75, 3.05) is 13.1 Å². The van der Waals surface area contributed by atoms with Crippen molar-refractivity contribution in [3.8, 4) is 0 Å². The monoisotopic (exact) mass is 343 g/mol. The zero-order valence-corrected chi connectivity index (χ0v) is 15.2. The molecular formula is C19H25N3O3. The Morgan fingerprint density at radius 2 is 1.88 bits per heavy atom. The molecule has 0 bridgehead atoms. The zero-order valence-electron chi connectivity index (χ0n) is 15.2. The lowest BCUT2D eigenvalue weighted by molar-refractivity contribution is -0.131. The van der Waals surface area contributed by atoms with Gasteiger partial charge in [0.25, 0.3) is 5.56 Å². The molecule has 25 heavy (non-hydrogen) atoms. The topological polar surface area (TPSA) is 86.3 Å². The number of aromatic amines is 1. The maximum absolute atomic E-state index is 12.6. The van der Waals surface area contributed by atoms with Crippen LogP contribution in [0.25, 0.3) is 0 Å². The Hall–Kier alpha value is -2.47. The first-order chi connectivity index (χ1) is 11.8. The van der Waals surface area contributed by atoms with E-state index in [-0.39, 0.29) is 24.4 Å². The van der Waals surface area contributed by atoms with Crippen molar-refractivity contribution in [3.05, 3.63) is 62.8 Å². The minimum atomic E-state index is -0.764. The maximum Gasteiger partial charge on any atom is 0.254 e. The molecule has 0 spiro atoms. The number of hydrogen-bond donors (Lipinski definition) is 2. The van der Waals surface area contributed by atoms with Gasteiger partial charge in [-0.25, -0.2) is 4.98 Å². The Bertz CT molecular complexity index is 797. The number of aromatic nitrogens is 2. The average Bonchev–Trinajstić information content (AvgIpc) is 2.56. The summed E-state index contributed by atoms with van der Waals surface area (Å²) in [5.41, 5.74) is 2.53. The molecule has 1 aromatic carbocycles. The van der Waals surface area contributed by atoms with Crippen molar-refractivity contribution in [1.82, 2.24) is 14.9 Å². The summed E-state index contributed by atoms with van der Waals surface area (Å²) in [6, 6.07) is 7.57. The molecule has 6 nitrogen and oxygen atoms in total. The van der Waals surface area contributed by atoms with Gasteiger partial charge in [0, 0.05) is 17.8 Å². The summed E-state index contributed by atoms with van der Waals surface area (Å²) in [4.78, 5) is 33.1. The van der Waals surface area contributed by atoms with Crippen LogP contribution in [0, 0.1) is 20.8 Å². The lowest BCUT2D eigenvalue weighted by Crippen LogP contribution is -2.37. The molecule has 1 heterocycles. The number of likely N-dealkylation sites (N-methyl/N-ethyl adjacent to an activating group) is 1. The van der Waals surface area contributed by atoms with Gasteiger partial charge in [0.05, 0.1) is 19.1 Å². The summed E-state index contributed by atoms with van der Waals surface area (Å²) in [5, 5.41) is 10.4. The van der Waals surface area contributed by atoms with E-state index in [2.05, 4.69) is 9.97 Å². The van der Waals surface area contributed by atoms with Crippen molar-refractivity contribution in [3.63, 3.8) is 0 Å². The third-order valence-corrected chi connectivity index (χ3v) is 4.26. The van der Waals surface area contributed by atoms with Crippen LogP contribution in [0.5, 0.6) is 0 Å². The van der Waals surface area contributed by atoms with Gasteiger partial charge in [0.2, 0.25) is 5.91 Å². The fraction of sp³-hybridized carbons (Fsp3) is 0.421. The van der Waals surface area contributed by atoms with E-state index in [0.717, 1.165) is 11.1 Å². The highest BCUT2D eigenvalue weighted by atomic mass is 16.3. The first kappa shape index (κ1) is 18.9. The Kier molecular flexibility index (Phi) is 6.09. The SMILES string of the molecule is CCN(CC(O)c1ccc(C)cc1)C(=O)Cc1c(C)nc(C)[nH]c1=O. The summed E-state index contributed by atoms with van der Waals surface area (Å²) < 4.78 is 0. The number of rotatable bonds is 6. The van der Waals surface area contributed by atoms with Crippen LogP contribution in [0.1, 0.15) is 41.2 Å². The number of H-pyrrole nitrogens is 1. The van der Waals surface area contributed by atoms with E-state index < -0.39 is 6.10 Å². The highest BCUT2D eigenvalue weighted by Gasteiger charge is 2.20. The van der Waals surface area contributed by atoms with Crippen LogP contribution >= 0.6 is 0 Å². The van der Waals surface area contributed by atoms with Gasteiger partial charge >= 0.3 is 0 Å². The van der Waals surface area contributed by atoms with Gasteiger partial charge in [0.15, 0.2) is 0 Å². The minimum absolute atomic E-state index is 0.0249. The molecule has 0 radical (unpaired) electrons. The highest BCUT2D eigenvalue weighted by molar-refractivity contribution is 5.79. The molecule has 1 amide bonds. The third-order valence-electron chi connectivity index (χ3n) is 4.26. The van der Waals surface area contributed by atoms with E-state index in [1.165, 1.54) is 0 Å². The van der Waals surface area contributed by atoms with Gasteiger partial charge < -0.3 is 15.0 Å². The molecule has 2 rings (SSSR count). The van der Waals surface area contributed by atoms with Gasteiger partial charge in [-0.1, -0.05) is 29.8 Å². The first-order valence-electron chi connectivity index (χ1n) is 8.40. The van der Waals surface area contributed by atoms with Crippen LogP contribution in [0.4, 0.5) is 0 Å². The van der Waals surface area contributed by atoms with Crippen LogP contribution in [0.15, 0.2) is 29.1 Å². The Morgan fingerprint density at radius 1 is 1.24 bits per heavy atom. The molecule has 0 aliphatic heterocycles. The van der Waals surface area contributed by atoms with E-state index >= 15 is 0 Å². The second-order valence-corrected chi connectivity index (χ2v) is 6.25. The standard InChI is InChI=1S/C19H25N3O3/c1-5-22(11-17(23)15-8-6-12(2)7-9-15)18(24)10-16-13(3)20-14(4)21-19(16)25/h6-9,17,23H,5,10-11H2,1-4H3,(H,20,21,25). The number of nitrogens with one attached hydrogen (secondary N) is 1. The lowest BCUT2D eigenvalue weighted by Gasteiger charge is -2.24. The van der Waals surface area contributed by atoms with Gasteiger partial charge in [-0.05, 0) is 33.3 Å². The second kappa shape index (κ2) is 8.07. The average molecular weight is 343 g/mol. The van der Waals surface area contributed by atoms with E-state index in [4.69, 9.17) is 0 Å². The number of carbonyl (C=O) groups excluding carboxylic acids is 1. The van der Waals surface area contributed by atoms with Gasteiger partial charge in [0.1, 0.15) is 5.82 Å². The summed E-state index contributed by atoms with van der Waals surface area (Å²) in [7, 11) is 0. The number of carbonyl (C=O) groups is 1. The minimum Gasteiger partial charge on any atom is -0.387 e. The Balaban J connectivity index is 2.11. The van der Waals surface area contributed by atoms with Crippen molar-refractivity contribution >= 4 is 5.91 Å². The molecule has 2 aromatic rings. The third kappa shape index (κ3) is 4.76. The fourth-order valence-corrected chi connectivity index (χ4v) is 2.73. The number of amides is 1. The quantitative estimate of drug-likeness (QED) is 0.838. The fourth-order valence-electron chi connectivity index (χ4n) is 2.73. The van der Waals surface area contributed by atoms with Crippen LogP contribution in [0.2, 0.25) is 0 Å². The van der Waals surface area contributed by atoms with E-state index in [9.17, 15) is 14.7 Å². The molecule has 0 aliphatic rings. The van der Waals surface area contributed by atoms with Crippen molar-refractivity contribution in [2.24, 2.45) is 0 Å². The Morgan fingerprint density at radius 3 is 2.44 bits per heavy atom. The number of aryl methyl sites for hydroxylation is 3. The smallest absolute Gasteiger partial charge is 0.254 e. The summed E-state index contributed by atoms with van der Waals surface area (Å²) in [6.07, 6.45) is -0.789. The molecule has 0 aliphatic carbocycles. The molecule has 1 unspecified atom stereocenters. The summed E-state index contributed by atoms with van der Waals surface area (Å²) in [5.74, 6) is 0.328. The van der Waals surface area contributed by atoms with Crippen molar-refractivity contribution in [1.29, 1.82) is 0 Å². The largest absolute Gasteiger partial charge is 0.387 e. The number of benzene rings is 1. The molecule has 0 saturated heterocycles. The lowest BCUT2D eigenvalue weighted by atomic mass is 10.1. The molecule has 0 saturated carbocycles. The maximum atomic E-state index is 12.6. The molecule has 1 aromatic heterocycles. The first-order valence-corrected chi connectivity index (χ1v) is 8.40. The number of aliphatic hydroxyl groups is 1.